The van der Waals surface area contributed by atoms with Crippen molar-refractivity contribution in [1.29, 1.82) is 0 Å². The summed E-state index contributed by atoms with van der Waals surface area (Å²) in [4.78, 5) is 28.8. The second-order valence-corrected chi connectivity index (χ2v) is 7.78. The SMILES string of the molecule is O=C(Cc1csc(NC(=O)c2cccs2)n1)NCCCOCC1CC1. The van der Waals surface area contributed by atoms with Crippen molar-refractivity contribution in [2.24, 2.45) is 5.92 Å². The van der Waals surface area contributed by atoms with Gasteiger partial charge in [-0.25, -0.2) is 4.98 Å². The Kier molecular flexibility index (Phi) is 6.55. The van der Waals surface area contributed by atoms with E-state index in [1.807, 2.05) is 11.4 Å². The average molecular weight is 380 g/mol. The number of thiophene rings is 1. The largest absolute Gasteiger partial charge is 0.381 e. The highest BCUT2D eigenvalue weighted by Crippen LogP contribution is 2.28. The van der Waals surface area contributed by atoms with E-state index in [1.54, 1.807) is 11.4 Å². The molecule has 1 fully saturated rings. The number of nitrogens with zero attached hydrogens (tertiary/aromatic N) is 1. The Morgan fingerprint density at radius 1 is 1.32 bits per heavy atom. The van der Waals surface area contributed by atoms with Crippen LogP contribution in [0.4, 0.5) is 5.13 Å². The summed E-state index contributed by atoms with van der Waals surface area (Å²) in [5.74, 6) is 0.531. The second kappa shape index (κ2) is 9.07. The summed E-state index contributed by atoms with van der Waals surface area (Å²) in [5.41, 5.74) is 0.661. The first-order chi connectivity index (χ1) is 12.2. The van der Waals surface area contributed by atoms with Crippen LogP contribution in [0.5, 0.6) is 0 Å². The highest BCUT2D eigenvalue weighted by molar-refractivity contribution is 7.14. The first kappa shape index (κ1) is 18.0. The van der Waals surface area contributed by atoms with Crippen molar-refractivity contribution < 1.29 is 14.3 Å². The van der Waals surface area contributed by atoms with Gasteiger partial charge in [0.1, 0.15) is 0 Å². The van der Waals surface area contributed by atoms with Crippen LogP contribution in [0, 0.1) is 5.92 Å². The molecule has 1 aliphatic rings. The van der Waals surface area contributed by atoms with Crippen molar-refractivity contribution in [1.82, 2.24) is 10.3 Å². The van der Waals surface area contributed by atoms with Crippen molar-refractivity contribution in [3.63, 3.8) is 0 Å². The minimum atomic E-state index is -0.174. The van der Waals surface area contributed by atoms with Gasteiger partial charge in [0.05, 0.1) is 17.0 Å². The number of rotatable bonds is 10. The number of ether oxygens (including phenoxy) is 1. The zero-order valence-corrected chi connectivity index (χ0v) is 15.5. The van der Waals surface area contributed by atoms with Crippen molar-refractivity contribution in [3.8, 4) is 0 Å². The van der Waals surface area contributed by atoms with E-state index in [2.05, 4.69) is 15.6 Å². The summed E-state index contributed by atoms with van der Waals surface area (Å²) < 4.78 is 5.53. The van der Waals surface area contributed by atoms with E-state index in [9.17, 15) is 9.59 Å². The molecule has 0 unspecified atom stereocenters. The second-order valence-electron chi connectivity index (χ2n) is 5.97. The normalized spacial score (nSPS) is 13.6. The first-order valence-corrected chi connectivity index (χ1v) is 10.1. The third-order valence-corrected chi connectivity index (χ3v) is 5.37. The smallest absolute Gasteiger partial charge is 0.267 e. The standard InChI is InChI=1S/C17H21N3O3S2/c21-15(18-6-2-7-23-10-12-4-5-12)9-13-11-25-17(19-13)20-16(22)14-3-1-8-24-14/h1,3,8,11-12H,2,4-7,9-10H2,(H,18,21)(H,19,20,22). The summed E-state index contributed by atoms with van der Waals surface area (Å²) in [6.07, 6.45) is 3.62. The third kappa shape index (κ3) is 6.22. The van der Waals surface area contributed by atoms with E-state index in [-0.39, 0.29) is 18.2 Å². The number of amides is 2. The Hall–Kier alpha value is -1.77. The van der Waals surface area contributed by atoms with E-state index < -0.39 is 0 Å². The van der Waals surface area contributed by atoms with Gasteiger partial charge in [-0.3, -0.25) is 14.9 Å². The molecule has 25 heavy (non-hydrogen) atoms. The van der Waals surface area contributed by atoms with Crippen LogP contribution < -0.4 is 10.6 Å². The molecule has 0 spiro atoms. The van der Waals surface area contributed by atoms with Crippen molar-refractivity contribution in [2.75, 3.05) is 25.1 Å². The topological polar surface area (TPSA) is 80.3 Å². The number of hydrogen-bond donors (Lipinski definition) is 2. The lowest BCUT2D eigenvalue weighted by Gasteiger charge is -2.05. The number of anilines is 1. The maximum atomic E-state index is 12.0. The minimum Gasteiger partial charge on any atom is -0.381 e. The third-order valence-electron chi connectivity index (χ3n) is 3.70. The first-order valence-electron chi connectivity index (χ1n) is 8.34. The lowest BCUT2D eigenvalue weighted by atomic mass is 10.3. The lowest BCUT2D eigenvalue weighted by molar-refractivity contribution is -0.120. The van der Waals surface area contributed by atoms with Gasteiger partial charge < -0.3 is 10.1 Å². The average Bonchev–Trinajstić information content (AvgIpc) is 3.07. The molecular formula is C17H21N3O3S2. The van der Waals surface area contributed by atoms with Gasteiger partial charge in [0.2, 0.25) is 5.91 Å². The Bertz CT molecular complexity index is 696. The predicted molar refractivity (Wildman–Crippen MR) is 99.3 cm³/mol. The predicted octanol–water partition coefficient (Wildman–Crippen LogP) is 2.93. The number of hydrogen-bond acceptors (Lipinski definition) is 6. The van der Waals surface area contributed by atoms with Crippen LogP contribution in [0.3, 0.4) is 0 Å². The van der Waals surface area contributed by atoms with Crippen LogP contribution in [0.25, 0.3) is 0 Å². The van der Waals surface area contributed by atoms with Gasteiger partial charge in [-0.05, 0) is 36.6 Å². The number of carbonyl (C=O) groups is 2. The Morgan fingerprint density at radius 2 is 2.20 bits per heavy atom. The van der Waals surface area contributed by atoms with E-state index in [0.717, 1.165) is 18.9 Å². The summed E-state index contributed by atoms with van der Waals surface area (Å²) in [6, 6.07) is 3.59. The van der Waals surface area contributed by atoms with Gasteiger partial charge in [-0.15, -0.1) is 22.7 Å². The molecule has 2 heterocycles. The highest BCUT2D eigenvalue weighted by Gasteiger charge is 2.20. The van der Waals surface area contributed by atoms with Gasteiger partial charge in [0.15, 0.2) is 5.13 Å². The van der Waals surface area contributed by atoms with Crippen molar-refractivity contribution in [3.05, 3.63) is 33.5 Å². The molecule has 6 nitrogen and oxygen atoms in total. The van der Waals surface area contributed by atoms with Gasteiger partial charge in [-0.2, -0.15) is 0 Å². The zero-order valence-electron chi connectivity index (χ0n) is 13.8. The molecule has 1 aliphatic carbocycles. The highest BCUT2D eigenvalue weighted by atomic mass is 32.1. The molecule has 2 aromatic rings. The lowest BCUT2D eigenvalue weighted by Crippen LogP contribution is -2.27. The molecule has 0 bridgehead atoms. The Labute approximate surface area is 154 Å². The molecule has 0 aromatic carbocycles. The van der Waals surface area contributed by atoms with Gasteiger partial charge in [0.25, 0.3) is 5.91 Å². The van der Waals surface area contributed by atoms with Crippen molar-refractivity contribution in [2.45, 2.75) is 25.7 Å². The molecule has 134 valence electrons. The molecular weight excluding hydrogens is 358 g/mol. The minimum absolute atomic E-state index is 0.0661. The molecule has 2 amide bonds. The number of aromatic nitrogens is 1. The zero-order chi connectivity index (χ0) is 17.5. The Morgan fingerprint density at radius 3 is 2.96 bits per heavy atom. The van der Waals surface area contributed by atoms with Crippen LogP contribution >= 0.6 is 22.7 Å². The van der Waals surface area contributed by atoms with Crippen LogP contribution in [0.1, 0.15) is 34.6 Å². The summed E-state index contributed by atoms with van der Waals surface area (Å²) >= 11 is 2.70. The van der Waals surface area contributed by atoms with E-state index >= 15 is 0 Å². The monoisotopic (exact) mass is 379 g/mol. The van der Waals surface area contributed by atoms with Gasteiger partial charge in [-0.1, -0.05) is 6.07 Å². The molecule has 3 rings (SSSR count). The molecule has 1 saturated carbocycles. The number of carbonyl (C=O) groups excluding carboxylic acids is 2. The number of thiazole rings is 1. The maximum Gasteiger partial charge on any atom is 0.267 e. The van der Waals surface area contributed by atoms with E-state index in [4.69, 9.17) is 4.74 Å². The number of nitrogens with one attached hydrogen (secondary N) is 2. The Balaban J connectivity index is 1.32. The molecule has 0 radical (unpaired) electrons. The summed E-state index contributed by atoms with van der Waals surface area (Å²) in [6.45, 7) is 2.15. The fraction of sp³-hybridized carbons (Fsp3) is 0.471. The molecule has 8 heteroatoms. The molecule has 2 N–H and O–H groups in total. The van der Waals surface area contributed by atoms with Gasteiger partial charge in [0, 0.05) is 25.1 Å². The van der Waals surface area contributed by atoms with Crippen LogP contribution in [-0.2, 0) is 16.0 Å². The fourth-order valence-corrected chi connectivity index (χ4v) is 3.50. The van der Waals surface area contributed by atoms with E-state index in [0.29, 0.717) is 28.9 Å². The van der Waals surface area contributed by atoms with Crippen molar-refractivity contribution >= 4 is 39.6 Å². The fourth-order valence-electron chi connectivity index (χ4n) is 2.18. The summed E-state index contributed by atoms with van der Waals surface area (Å²) in [5, 5.41) is 9.77. The summed E-state index contributed by atoms with van der Waals surface area (Å²) in [7, 11) is 0. The van der Waals surface area contributed by atoms with E-state index in [1.165, 1.54) is 35.5 Å². The quantitative estimate of drug-likeness (QED) is 0.622. The molecule has 0 aliphatic heterocycles. The molecule has 0 atom stereocenters. The van der Waals surface area contributed by atoms with Crippen LogP contribution in [0.2, 0.25) is 0 Å². The molecule has 0 saturated heterocycles. The molecule has 2 aromatic heterocycles. The van der Waals surface area contributed by atoms with Gasteiger partial charge >= 0.3 is 0 Å². The maximum absolute atomic E-state index is 12.0. The van der Waals surface area contributed by atoms with Crippen LogP contribution in [0.15, 0.2) is 22.9 Å². The van der Waals surface area contributed by atoms with Crippen LogP contribution in [-0.4, -0.2) is 36.6 Å².